The first-order chi connectivity index (χ1) is 43.8. The molecule has 90 heavy (non-hydrogen) atoms. The fraction of sp³-hybridized carbons (Fsp3) is 0.136. The number of nitrogens with zero attached hydrogens (tertiary/aromatic N) is 2. The second-order valence-electron chi connectivity index (χ2n) is 27.5. The van der Waals surface area contributed by atoms with Gasteiger partial charge in [0.1, 0.15) is 0 Å². The predicted molar refractivity (Wildman–Crippen MR) is 388 cm³/mol. The summed E-state index contributed by atoms with van der Waals surface area (Å²) in [5.74, 6) is 0.819. The molecule has 430 valence electrons. The van der Waals surface area contributed by atoms with E-state index in [0.29, 0.717) is 11.8 Å². The maximum Gasteiger partial charge on any atom is 0.0540 e. The van der Waals surface area contributed by atoms with Gasteiger partial charge in [-0.05, 0) is 214 Å². The van der Waals surface area contributed by atoms with Gasteiger partial charge >= 0.3 is 0 Å². The molecule has 0 atom stereocenters. The van der Waals surface area contributed by atoms with E-state index in [-0.39, 0.29) is 10.8 Å². The van der Waals surface area contributed by atoms with Crippen LogP contribution in [0.25, 0.3) is 119 Å². The van der Waals surface area contributed by atoms with Crippen LogP contribution in [0.2, 0.25) is 0 Å². The van der Waals surface area contributed by atoms with E-state index in [1.54, 1.807) is 0 Å². The summed E-state index contributed by atoms with van der Waals surface area (Å²) in [4.78, 5) is 5.07. The van der Waals surface area contributed by atoms with Crippen molar-refractivity contribution in [1.82, 2.24) is 0 Å². The lowest BCUT2D eigenvalue weighted by atomic mass is 9.78. The van der Waals surface area contributed by atoms with Gasteiger partial charge < -0.3 is 9.80 Å². The SMILES string of the molecule is CC(C)c1ccc(N(c2ccc3c(c2)-c2ccc4c5ccccc5c5ccccc5c4c2C3(C)C)c2ccc3ccc4c(N(c5ccc(C(C)C)cc5)c5ccc6c(c5)-c5ccc7c8ccccc8c8ccccc8c7c5C6(C)C)ccc5ccc2c3c54)cc1. The molecule has 0 heterocycles. The summed E-state index contributed by atoms with van der Waals surface area (Å²) in [7, 11) is 0. The van der Waals surface area contributed by atoms with Gasteiger partial charge in [0.05, 0.1) is 11.4 Å². The van der Waals surface area contributed by atoms with E-state index >= 15 is 0 Å². The maximum absolute atomic E-state index is 2.53. The molecule has 0 N–H and O–H groups in total. The Labute approximate surface area is 526 Å². The Morgan fingerprint density at radius 3 is 0.911 bits per heavy atom. The highest BCUT2D eigenvalue weighted by atomic mass is 15.2. The second kappa shape index (κ2) is 19.1. The highest BCUT2D eigenvalue weighted by molar-refractivity contribution is 6.31. The summed E-state index contributed by atoms with van der Waals surface area (Å²) < 4.78 is 0. The summed E-state index contributed by atoms with van der Waals surface area (Å²) >= 11 is 0. The van der Waals surface area contributed by atoms with Gasteiger partial charge in [0.25, 0.3) is 0 Å². The van der Waals surface area contributed by atoms with E-state index in [1.807, 2.05) is 0 Å². The van der Waals surface area contributed by atoms with Crippen LogP contribution < -0.4 is 9.80 Å². The third-order valence-electron chi connectivity index (χ3n) is 21.3. The molecule has 2 nitrogen and oxygen atoms in total. The quantitative estimate of drug-likeness (QED) is 0.140. The van der Waals surface area contributed by atoms with Crippen LogP contribution in [-0.2, 0) is 10.8 Å². The minimum absolute atomic E-state index is 0.243. The molecule has 16 aromatic rings. The van der Waals surface area contributed by atoms with Crippen LogP contribution >= 0.6 is 0 Å². The summed E-state index contributed by atoms with van der Waals surface area (Å²) in [5.41, 5.74) is 19.8. The number of rotatable bonds is 8. The fourth-order valence-electron chi connectivity index (χ4n) is 16.9. The predicted octanol–water partition coefficient (Wildman–Crippen LogP) is 25.3. The van der Waals surface area contributed by atoms with Gasteiger partial charge in [0, 0.05) is 44.4 Å². The first kappa shape index (κ1) is 52.8. The Morgan fingerprint density at radius 1 is 0.256 bits per heavy atom. The van der Waals surface area contributed by atoms with Crippen molar-refractivity contribution in [3.8, 4) is 22.3 Å². The minimum atomic E-state index is -0.243. The van der Waals surface area contributed by atoms with Gasteiger partial charge in [-0.3, -0.25) is 0 Å². The highest BCUT2D eigenvalue weighted by Gasteiger charge is 2.40. The van der Waals surface area contributed by atoms with Gasteiger partial charge in [0.2, 0.25) is 0 Å². The molecular formula is C88H68N2. The third-order valence-corrected chi connectivity index (χ3v) is 21.3. The van der Waals surface area contributed by atoms with Crippen LogP contribution in [0.3, 0.4) is 0 Å². The zero-order valence-corrected chi connectivity index (χ0v) is 52.3. The van der Waals surface area contributed by atoms with Crippen LogP contribution in [0.1, 0.15) is 101 Å². The van der Waals surface area contributed by atoms with Crippen LogP contribution in [0, 0.1) is 0 Å². The van der Waals surface area contributed by atoms with Crippen LogP contribution in [-0.4, -0.2) is 0 Å². The third kappa shape index (κ3) is 7.34. The average Bonchev–Trinajstić information content (AvgIpc) is 1.49. The average molecular weight is 1150 g/mol. The number of benzene rings is 16. The Balaban J connectivity index is 0.833. The van der Waals surface area contributed by atoms with Crippen molar-refractivity contribution in [1.29, 1.82) is 0 Å². The monoisotopic (exact) mass is 1150 g/mol. The van der Waals surface area contributed by atoms with Crippen LogP contribution in [0.5, 0.6) is 0 Å². The van der Waals surface area contributed by atoms with Crippen molar-refractivity contribution in [2.45, 2.75) is 78.1 Å². The number of anilines is 6. The zero-order chi connectivity index (χ0) is 60.6. The molecule has 16 aromatic carbocycles. The van der Waals surface area contributed by atoms with Crippen LogP contribution in [0.15, 0.2) is 255 Å². The molecule has 2 heteroatoms. The smallest absolute Gasteiger partial charge is 0.0540 e. The molecule has 18 rings (SSSR count). The lowest BCUT2D eigenvalue weighted by Crippen LogP contribution is -2.16. The van der Waals surface area contributed by atoms with Gasteiger partial charge in [-0.1, -0.05) is 250 Å². The molecule has 0 aromatic heterocycles. The first-order valence-electron chi connectivity index (χ1n) is 32.4. The molecule has 0 spiro atoms. The van der Waals surface area contributed by atoms with E-state index in [0.717, 1.165) is 34.1 Å². The van der Waals surface area contributed by atoms with E-state index in [2.05, 4.69) is 320 Å². The topological polar surface area (TPSA) is 6.48 Å². The fourth-order valence-corrected chi connectivity index (χ4v) is 16.9. The van der Waals surface area contributed by atoms with E-state index < -0.39 is 0 Å². The lowest BCUT2D eigenvalue weighted by Gasteiger charge is -2.30. The van der Waals surface area contributed by atoms with Crippen molar-refractivity contribution in [3.05, 3.63) is 288 Å². The van der Waals surface area contributed by atoms with E-state index in [4.69, 9.17) is 0 Å². The summed E-state index contributed by atoms with van der Waals surface area (Å²) in [6.45, 7) is 18.9. The highest BCUT2D eigenvalue weighted by Crippen LogP contribution is 2.58. The Kier molecular flexibility index (Phi) is 11.2. The lowest BCUT2D eigenvalue weighted by molar-refractivity contribution is 0.666. The van der Waals surface area contributed by atoms with E-state index in [9.17, 15) is 0 Å². The van der Waals surface area contributed by atoms with Crippen molar-refractivity contribution in [3.63, 3.8) is 0 Å². The molecule has 0 fully saturated rings. The molecule has 0 aliphatic heterocycles. The van der Waals surface area contributed by atoms with Gasteiger partial charge in [-0.25, -0.2) is 0 Å². The molecule has 0 radical (unpaired) electrons. The van der Waals surface area contributed by atoms with Gasteiger partial charge in [0.15, 0.2) is 0 Å². The second-order valence-corrected chi connectivity index (χ2v) is 27.5. The largest absolute Gasteiger partial charge is 0.310 e. The summed E-state index contributed by atoms with van der Waals surface area (Å²) in [5, 5.41) is 23.3. The molecule has 0 bridgehead atoms. The molecule has 2 aliphatic rings. The number of hydrogen-bond acceptors (Lipinski definition) is 2. The standard InChI is InChI=1S/C88H68N2/c1-51(2)53-25-33-57(34-26-53)89(59-37-45-77-75(49-59)71-43-41-69-65-21-11-9-17-61(65)63-19-13-15-23-67(63)83(69)85(71)87(77,5)6)79-47-31-55-30-40-74-80(48-32-56-29-39-73(79)81(55)82(56)74)90(58-35-27-54(28-36-58)52(3)4)60-38-46-78-76(50-60)72-44-42-70-66-22-12-10-18-62(66)64-20-14-16-24-68(64)84(70)86(72)88(78,7)8/h9-52H,1-8H3. The van der Waals surface area contributed by atoms with Crippen molar-refractivity contribution in [2.24, 2.45) is 0 Å². The molecular weight excluding hydrogens is 1080 g/mol. The van der Waals surface area contributed by atoms with Crippen molar-refractivity contribution >= 4 is 131 Å². The number of hydrogen-bond donors (Lipinski definition) is 0. The Hall–Kier alpha value is -10.3. The first-order valence-corrected chi connectivity index (χ1v) is 32.4. The normalized spacial score (nSPS) is 13.9. The van der Waals surface area contributed by atoms with Gasteiger partial charge in [-0.15, -0.1) is 0 Å². The summed E-state index contributed by atoms with van der Waals surface area (Å²) in [6, 6.07) is 97.9. The summed E-state index contributed by atoms with van der Waals surface area (Å²) in [6.07, 6.45) is 0. The van der Waals surface area contributed by atoms with Gasteiger partial charge in [-0.2, -0.15) is 0 Å². The maximum atomic E-state index is 2.53. The molecule has 2 aliphatic carbocycles. The Morgan fingerprint density at radius 2 is 0.556 bits per heavy atom. The molecule has 0 saturated carbocycles. The Bertz CT molecular complexity index is 5300. The van der Waals surface area contributed by atoms with Crippen molar-refractivity contribution in [2.75, 3.05) is 9.80 Å². The zero-order valence-electron chi connectivity index (χ0n) is 52.3. The van der Waals surface area contributed by atoms with Crippen molar-refractivity contribution < 1.29 is 0 Å². The van der Waals surface area contributed by atoms with Crippen LogP contribution in [0.4, 0.5) is 34.1 Å². The minimum Gasteiger partial charge on any atom is -0.310 e. The van der Waals surface area contributed by atoms with E-state index in [1.165, 1.54) is 153 Å². The molecule has 0 amide bonds. The molecule has 0 unspecified atom stereocenters. The molecule has 0 saturated heterocycles. The number of fused-ring (bicyclic) bond motifs is 20.